The van der Waals surface area contributed by atoms with Crippen LogP contribution in [0.4, 0.5) is 0 Å². The highest BCUT2D eigenvalue weighted by molar-refractivity contribution is 5.25. The zero-order chi connectivity index (χ0) is 15.7. The van der Waals surface area contributed by atoms with Gasteiger partial charge in [0.25, 0.3) is 0 Å². The number of nitrogens with one attached hydrogen (secondary N) is 1. The van der Waals surface area contributed by atoms with E-state index < -0.39 is 0 Å². The number of hydrogen-bond donors (Lipinski definition) is 1. The lowest BCUT2D eigenvalue weighted by Crippen LogP contribution is -2.45. The summed E-state index contributed by atoms with van der Waals surface area (Å²) in [6.07, 6.45) is 0. The van der Waals surface area contributed by atoms with E-state index in [1.807, 2.05) is 7.05 Å². The van der Waals surface area contributed by atoms with Crippen LogP contribution in [0.2, 0.25) is 0 Å². The smallest absolute Gasteiger partial charge is 0.0589 e. The molecule has 1 N–H and O–H groups in total. The van der Waals surface area contributed by atoms with Crippen LogP contribution < -0.4 is 5.32 Å². The van der Waals surface area contributed by atoms with Crippen LogP contribution in [0.25, 0.3) is 0 Å². The number of ether oxygens (including phenoxy) is 2. The molecule has 0 fully saturated rings. The average molecular weight is 294 g/mol. The maximum atomic E-state index is 5.23. The Kier molecular flexibility index (Phi) is 8.54. The average Bonchev–Trinajstić information content (AvgIpc) is 2.50. The van der Waals surface area contributed by atoms with E-state index in [9.17, 15) is 0 Å². The number of rotatable bonds is 10. The van der Waals surface area contributed by atoms with Crippen molar-refractivity contribution in [1.82, 2.24) is 10.2 Å². The van der Waals surface area contributed by atoms with Crippen LogP contribution in [0.3, 0.4) is 0 Å². The third kappa shape index (κ3) is 5.75. The van der Waals surface area contributed by atoms with Gasteiger partial charge in [0, 0.05) is 39.4 Å². The molecule has 2 unspecified atom stereocenters. The fraction of sp³-hybridized carbons (Fsp3) is 0.647. The Bertz CT molecular complexity index is 373. The van der Waals surface area contributed by atoms with Crippen LogP contribution in [-0.4, -0.2) is 58.5 Å². The SMILES string of the molecule is CNC(c1ccc(C)cc1)C(C)N(CCOC)CCOC. The molecule has 2 atom stereocenters. The topological polar surface area (TPSA) is 33.7 Å². The highest BCUT2D eigenvalue weighted by atomic mass is 16.5. The number of likely N-dealkylation sites (N-methyl/N-ethyl adjacent to an activating group) is 1. The summed E-state index contributed by atoms with van der Waals surface area (Å²) in [5.41, 5.74) is 2.60. The van der Waals surface area contributed by atoms with Crippen LogP contribution >= 0.6 is 0 Å². The highest BCUT2D eigenvalue weighted by Gasteiger charge is 2.23. The molecular formula is C17H30N2O2. The standard InChI is InChI=1S/C17H30N2O2/c1-14-6-8-16(9-7-14)17(18-3)15(2)19(10-12-20-4)11-13-21-5/h6-9,15,17-18H,10-13H2,1-5H3. The fourth-order valence-electron chi connectivity index (χ4n) is 2.61. The maximum Gasteiger partial charge on any atom is 0.0589 e. The van der Waals surface area contributed by atoms with Crippen molar-refractivity contribution in [1.29, 1.82) is 0 Å². The molecule has 0 heterocycles. The van der Waals surface area contributed by atoms with Gasteiger partial charge in [0.15, 0.2) is 0 Å². The van der Waals surface area contributed by atoms with Gasteiger partial charge in [-0.3, -0.25) is 4.90 Å². The van der Waals surface area contributed by atoms with Gasteiger partial charge in [-0.25, -0.2) is 0 Å². The number of methoxy groups -OCH3 is 2. The molecule has 0 amide bonds. The summed E-state index contributed by atoms with van der Waals surface area (Å²) in [6.45, 7) is 7.66. The predicted molar refractivity (Wildman–Crippen MR) is 87.8 cm³/mol. The lowest BCUT2D eigenvalue weighted by atomic mass is 9.98. The van der Waals surface area contributed by atoms with E-state index in [4.69, 9.17) is 9.47 Å². The summed E-state index contributed by atoms with van der Waals surface area (Å²) in [7, 11) is 5.51. The van der Waals surface area contributed by atoms with E-state index in [0.717, 1.165) is 26.3 Å². The first kappa shape index (κ1) is 18.1. The summed E-state index contributed by atoms with van der Waals surface area (Å²) in [5.74, 6) is 0. The van der Waals surface area contributed by atoms with E-state index in [1.165, 1.54) is 11.1 Å². The Morgan fingerprint density at radius 3 is 2.00 bits per heavy atom. The van der Waals surface area contributed by atoms with Gasteiger partial charge < -0.3 is 14.8 Å². The van der Waals surface area contributed by atoms with Gasteiger partial charge in [-0.2, -0.15) is 0 Å². The quantitative estimate of drug-likeness (QED) is 0.717. The van der Waals surface area contributed by atoms with Crippen molar-refractivity contribution in [3.8, 4) is 0 Å². The Balaban J connectivity index is 2.80. The molecule has 4 nitrogen and oxygen atoms in total. The van der Waals surface area contributed by atoms with Gasteiger partial charge >= 0.3 is 0 Å². The zero-order valence-corrected chi connectivity index (χ0v) is 14.1. The Labute approximate surface area is 129 Å². The van der Waals surface area contributed by atoms with Gasteiger partial charge in [0.2, 0.25) is 0 Å². The molecule has 0 aliphatic rings. The second kappa shape index (κ2) is 9.90. The lowest BCUT2D eigenvalue weighted by Gasteiger charge is -2.34. The Morgan fingerprint density at radius 1 is 1.05 bits per heavy atom. The monoisotopic (exact) mass is 294 g/mol. The summed E-state index contributed by atoms with van der Waals surface area (Å²) < 4.78 is 10.5. The van der Waals surface area contributed by atoms with E-state index >= 15 is 0 Å². The third-order valence-corrected chi connectivity index (χ3v) is 3.97. The van der Waals surface area contributed by atoms with Gasteiger partial charge in [-0.15, -0.1) is 0 Å². The van der Waals surface area contributed by atoms with E-state index in [-0.39, 0.29) is 0 Å². The first-order chi connectivity index (χ1) is 10.1. The van der Waals surface area contributed by atoms with E-state index in [2.05, 4.69) is 48.3 Å². The minimum Gasteiger partial charge on any atom is -0.383 e. The number of hydrogen-bond acceptors (Lipinski definition) is 4. The van der Waals surface area contributed by atoms with Crippen LogP contribution in [0.15, 0.2) is 24.3 Å². The molecule has 1 aromatic carbocycles. The summed E-state index contributed by atoms with van der Waals surface area (Å²) in [5, 5.41) is 3.45. The maximum absolute atomic E-state index is 5.23. The molecule has 4 heteroatoms. The van der Waals surface area contributed by atoms with Crippen molar-refractivity contribution in [3.05, 3.63) is 35.4 Å². The first-order valence-corrected chi connectivity index (χ1v) is 7.59. The van der Waals surface area contributed by atoms with Crippen LogP contribution in [-0.2, 0) is 9.47 Å². The molecule has 0 aromatic heterocycles. The van der Waals surface area contributed by atoms with Crippen LogP contribution in [0.5, 0.6) is 0 Å². The number of aryl methyl sites for hydroxylation is 1. The largest absolute Gasteiger partial charge is 0.383 e. The third-order valence-electron chi connectivity index (χ3n) is 3.97. The van der Waals surface area contributed by atoms with Gasteiger partial charge in [0.05, 0.1) is 13.2 Å². The molecule has 0 saturated heterocycles. The normalized spacial score (nSPS) is 14.4. The van der Waals surface area contributed by atoms with E-state index in [1.54, 1.807) is 14.2 Å². The van der Waals surface area contributed by atoms with Crippen molar-refractivity contribution < 1.29 is 9.47 Å². The molecule has 1 aromatic rings. The van der Waals surface area contributed by atoms with Crippen molar-refractivity contribution in [2.75, 3.05) is 47.6 Å². The van der Waals surface area contributed by atoms with Crippen molar-refractivity contribution in [2.24, 2.45) is 0 Å². The highest BCUT2D eigenvalue weighted by Crippen LogP contribution is 2.21. The molecule has 0 aliphatic carbocycles. The minimum atomic E-state index is 0.291. The van der Waals surface area contributed by atoms with Crippen molar-refractivity contribution in [2.45, 2.75) is 25.9 Å². The first-order valence-electron chi connectivity index (χ1n) is 7.59. The molecule has 0 aliphatic heterocycles. The zero-order valence-electron chi connectivity index (χ0n) is 14.1. The van der Waals surface area contributed by atoms with Gasteiger partial charge in [0.1, 0.15) is 0 Å². The fourth-order valence-corrected chi connectivity index (χ4v) is 2.61. The number of benzene rings is 1. The molecule has 1 rings (SSSR count). The second-order valence-corrected chi connectivity index (χ2v) is 5.44. The molecule has 0 radical (unpaired) electrons. The van der Waals surface area contributed by atoms with Crippen molar-refractivity contribution >= 4 is 0 Å². The predicted octanol–water partition coefficient (Wildman–Crippen LogP) is 2.24. The second-order valence-electron chi connectivity index (χ2n) is 5.44. The van der Waals surface area contributed by atoms with Crippen LogP contribution in [0.1, 0.15) is 24.1 Å². The Hall–Kier alpha value is -0.940. The minimum absolute atomic E-state index is 0.291. The molecule has 0 bridgehead atoms. The summed E-state index contributed by atoms with van der Waals surface area (Å²) in [4.78, 5) is 2.41. The van der Waals surface area contributed by atoms with E-state index in [0.29, 0.717) is 12.1 Å². The molecule has 0 saturated carbocycles. The molecule has 0 spiro atoms. The number of nitrogens with zero attached hydrogens (tertiary/aromatic N) is 1. The molecule has 21 heavy (non-hydrogen) atoms. The Morgan fingerprint density at radius 2 is 1.57 bits per heavy atom. The van der Waals surface area contributed by atoms with Gasteiger partial charge in [-0.05, 0) is 26.5 Å². The van der Waals surface area contributed by atoms with Crippen molar-refractivity contribution in [3.63, 3.8) is 0 Å². The summed E-state index contributed by atoms with van der Waals surface area (Å²) in [6, 6.07) is 9.40. The van der Waals surface area contributed by atoms with Gasteiger partial charge in [-0.1, -0.05) is 29.8 Å². The lowest BCUT2D eigenvalue weighted by molar-refractivity contribution is 0.0802. The van der Waals surface area contributed by atoms with Crippen LogP contribution in [0, 0.1) is 6.92 Å². The molecule has 120 valence electrons. The molecular weight excluding hydrogens is 264 g/mol. The summed E-state index contributed by atoms with van der Waals surface area (Å²) >= 11 is 0.